The molecule has 1 unspecified atom stereocenters. The summed E-state index contributed by atoms with van der Waals surface area (Å²) in [6.07, 6.45) is 0.768. The lowest BCUT2D eigenvalue weighted by Crippen LogP contribution is -2.24. The van der Waals surface area contributed by atoms with Gasteiger partial charge in [-0.05, 0) is 6.42 Å². The summed E-state index contributed by atoms with van der Waals surface area (Å²) in [6, 6.07) is 0. The van der Waals surface area contributed by atoms with Gasteiger partial charge < -0.3 is 10.1 Å². The molecule has 4 nitrogen and oxygen atoms in total. The standard InChI is InChI=1S/C9H15NO3/c1-6(2)9(12)13-5-7-3-4-10-8(7)11/h6-7H,3-5H2,1-2H3,(H,10,11). The van der Waals surface area contributed by atoms with Crippen LogP contribution in [-0.2, 0) is 14.3 Å². The minimum atomic E-state index is -0.236. The first-order chi connectivity index (χ1) is 6.11. The van der Waals surface area contributed by atoms with Gasteiger partial charge in [-0.2, -0.15) is 0 Å². The molecule has 0 aromatic heterocycles. The first-order valence-electron chi connectivity index (χ1n) is 4.55. The fourth-order valence-electron chi connectivity index (χ4n) is 1.15. The number of amides is 1. The number of rotatable bonds is 3. The molecule has 0 radical (unpaired) electrons. The van der Waals surface area contributed by atoms with Crippen LogP contribution in [0, 0.1) is 11.8 Å². The van der Waals surface area contributed by atoms with Gasteiger partial charge in [0.05, 0.1) is 11.8 Å². The molecule has 0 bridgehead atoms. The Kier molecular flexibility index (Phi) is 3.28. The Labute approximate surface area is 77.6 Å². The Balaban J connectivity index is 2.26. The highest BCUT2D eigenvalue weighted by atomic mass is 16.5. The number of hydrogen-bond donors (Lipinski definition) is 1. The van der Waals surface area contributed by atoms with Gasteiger partial charge in [-0.25, -0.2) is 0 Å². The van der Waals surface area contributed by atoms with E-state index in [4.69, 9.17) is 4.74 Å². The smallest absolute Gasteiger partial charge is 0.308 e. The maximum absolute atomic E-state index is 11.1. The molecule has 1 rings (SSSR count). The highest BCUT2D eigenvalue weighted by molar-refractivity contribution is 5.81. The third kappa shape index (κ3) is 2.72. The molecule has 0 aromatic rings. The number of ether oxygens (including phenoxy) is 1. The van der Waals surface area contributed by atoms with Crippen molar-refractivity contribution < 1.29 is 14.3 Å². The highest BCUT2D eigenvalue weighted by Crippen LogP contribution is 2.10. The monoisotopic (exact) mass is 185 g/mol. The molecule has 0 spiro atoms. The van der Waals surface area contributed by atoms with Gasteiger partial charge in [-0.1, -0.05) is 13.8 Å². The molecule has 13 heavy (non-hydrogen) atoms. The van der Waals surface area contributed by atoms with E-state index in [0.29, 0.717) is 6.54 Å². The molecule has 1 saturated heterocycles. The minimum absolute atomic E-state index is 0.00319. The molecule has 1 heterocycles. The van der Waals surface area contributed by atoms with Crippen molar-refractivity contribution in [3.63, 3.8) is 0 Å². The molecule has 1 fully saturated rings. The van der Waals surface area contributed by atoms with E-state index >= 15 is 0 Å². The Bertz CT molecular complexity index is 213. The topological polar surface area (TPSA) is 55.4 Å². The van der Waals surface area contributed by atoms with Crippen molar-refractivity contribution in [3.05, 3.63) is 0 Å². The molecule has 1 atom stereocenters. The summed E-state index contributed by atoms with van der Waals surface area (Å²) in [5.74, 6) is -0.497. The molecule has 74 valence electrons. The zero-order valence-corrected chi connectivity index (χ0v) is 8.00. The average Bonchev–Trinajstić information content (AvgIpc) is 2.47. The van der Waals surface area contributed by atoms with Gasteiger partial charge in [0.25, 0.3) is 0 Å². The van der Waals surface area contributed by atoms with E-state index in [0.717, 1.165) is 6.42 Å². The second-order valence-electron chi connectivity index (χ2n) is 3.56. The number of hydrogen-bond acceptors (Lipinski definition) is 3. The third-order valence-electron chi connectivity index (χ3n) is 2.06. The van der Waals surface area contributed by atoms with Gasteiger partial charge in [0.15, 0.2) is 0 Å². The highest BCUT2D eigenvalue weighted by Gasteiger charge is 2.25. The lowest BCUT2D eigenvalue weighted by molar-refractivity contribution is -0.149. The zero-order valence-electron chi connectivity index (χ0n) is 8.00. The number of nitrogens with one attached hydrogen (secondary N) is 1. The van der Waals surface area contributed by atoms with Crippen molar-refractivity contribution in [3.8, 4) is 0 Å². The van der Waals surface area contributed by atoms with Gasteiger partial charge in [0.1, 0.15) is 6.61 Å². The summed E-state index contributed by atoms with van der Waals surface area (Å²) in [7, 11) is 0. The fourth-order valence-corrected chi connectivity index (χ4v) is 1.15. The number of carbonyl (C=O) groups excluding carboxylic acids is 2. The summed E-state index contributed by atoms with van der Waals surface area (Å²) in [5.41, 5.74) is 0. The van der Waals surface area contributed by atoms with Crippen molar-refractivity contribution in [2.24, 2.45) is 11.8 Å². The summed E-state index contributed by atoms with van der Waals surface area (Å²) >= 11 is 0. The normalized spacial score (nSPS) is 21.8. The molecule has 1 N–H and O–H groups in total. The minimum Gasteiger partial charge on any atom is -0.465 e. The van der Waals surface area contributed by atoms with Gasteiger partial charge in [0, 0.05) is 6.54 Å². The molecule has 4 heteroatoms. The van der Waals surface area contributed by atoms with Crippen LogP contribution in [0.4, 0.5) is 0 Å². The predicted octanol–water partition coefficient (Wildman–Crippen LogP) is 0.322. The first kappa shape index (κ1) is 10.0. The molecule has 1 amide bonds. The SMILES string of the molecule is CC(C)C(=O)OCC1CCNC1=O. The van der Waals surface area contributed by atoms with E-state index in [2.05, 4.69) is 5.32 Å². The maximum atomic E-state index is 11.1. The second kappa shape index (κ2) is 4.25. The Morgan fingerprint density at radius 3 is 2.85 bits per heavy atom. The van der Waals surface area contributed by atoms with Crippen molar-refractivity contribution >= 4 is 11.9 Å². The van der Waals surface area contributed by atoms with E-state index in [1.54, 1.807) is 13.8 Å². The zero-order chi connectivity index (χ0) is 9.84. The third-order valence-corrected chi connectivity index (χ3v) is 2.06. The quantitative estimate of drug-likeness (QED) is 0.644. The van der Waals surface area contributed by atoms with Gasteiger partial charge >= 0.3 is 5.97 Å². The van der Waals surface area contributed by atoms with Crippen LogP contribution in [0.25, 0.3) is 0 Å². The van der Waals surface area contributed by atoms with E-state index in [1.807, 2.05) is 0 Å². The van der Waals surface area contributed by atoms with Crippen LogP contribution in [0.3, 0.4) is 0 Å². The Hall–Kier alpha value is -1.06. The molecule has 1 aliphatic rings. The van der Waals surface area contributed by atoms with Crippen LogP contribution in [0.2, 0.25) is 0 Å². The van der Waals surface area contributed by atoms with Crippen LogP contribution in [-0.4, -0.2) is 25.0 Å². The molecule has 0 aromatic carbocycles. The van der Waals surface area contributed by atoms with E-state index < -0.39 is 0 Å². The predicted molar refractivity (Wildman–Crippen MR) is 46.9 cm³/mol. The Morgan fingerprint density at radius 2 is 2.38 bits per heavy atom. The number of esters is 1. The van der Waals surface area contributed by atoms with Crippen molar-refractivity contribution in [2.45, 2.75) is 20.3 Å². The summed E-state index contributed by atoms with van der Waals surface area (Å²) in [5, 5.41) is 2.69. The van der Waals surface area contributed by atoms with Crippen molar-refractivity contribution in [1.82, 2.24) is 5.32 Å². The van der Waals surface area contributed by atoms with E-state index in [-0.39, 0.29) is 30.3 Å². The average molecular weight is 185 g/mol. The van der Waals surface area contributed by atoms with Gasteiger partial charge in [-0.3, -0.25) is 9.59 Å². The van der Waals surface area contributed by atoms with E-state index in [9.17, 15) is 9.59 Å². The summed E-state index contributed by atoms with van der Waals surface area (Å²) in [4.78, 5) is 22.1. The molecular formula is C9H15NO3. The van der Waals surface area contributed by atoms with Crippen LogP contribution >= 0.6 is 0 Å². The van der Waals surface area contributed by atoms with Crippen molar-refractivity contribution in [2.75, 3.05) is 13.2 Å². The van der Waals surface area contributed by atoms with Crippen molar-refractivity contribution in [1.29, 1.82) is 0 Å². The molecule has 1 aliphatic heterocycles. The van der Waals surface area contributed by atoms with Crippen LogP contribution in [0.1, 0.15) is 20.3 Å². The maximum Gasteiger partial charge on any atom is 0.308 e. The summed E-state index contributed by atoms with van der Waals surface area (Å²) < 4.78 is 4.96. The van der Waals surface area contributed by atoms with Gasteiger partial charge in [0.2, 0.25) is 5.91 Å². The number of carbonyl (C=O) groups is 2. The fraction of sp³-hybridized carbons (Fsp3) is 0.778. The summed E-state index contributed by atoms with van der Waals surface area (Å²) in [6.45, 7) is 4.47. The second-order valence-corrected chi connectivity index (χ2v) is 3.56. The van der Waals surface area contributed by atoms with E-state index in [1.165, 1.54) is 0 Å². The van der Waals surface area contributed by atoms with Crippen LogP contribution < -0.4 is 5.32 Å². The molecular weight excluding hydrogens is 170 g/mol. The van der Waals surface area contributed by atoms with Crippen LogP contribution in [0.15, 0.2) is 0 Å². The van der Waals surface area contributed by atoms with Crippen LogP contribution in [0.5, 0.6) is 0 Å². The molecule has 0 aliphatic carbocycles. The largest absolute Gasteiger partial charge is 0.465 e. The molecule has 0 saturated carbocycles. The Morgan fingerprint density at radius 1 is 1.69 bits per heavy atom. The van der Waals surface area contributed by atoms with Gasteiger partial charge in [-0.15, -0.1) is 0 Å². The first-order valence-corrected chi connectivity index (χ1v) is 4.55. The lowest BCUT2D eigenvalue weighted by Gasteiger charge is -2.09. The lowest BCUT2D eigenvalue weighted by atomic mass is 10.1.